The van der Waals surface area contributed by atoms with E-state index in [-0.39, 0.29) is 27.7 Å². The van der Waals surface area contributed by atoms with Crippen molar-refractivity contribution in [1.29, 1.82) is 0 Å². The van der Waals surface area contributed by atoms with E-state index < -0.39 is 5.97 Å². The van der Waals surface area contributed by atoms with Crippen molar-refractivity contribution >= 4 is 16.7 Å². The van der Waals surface area contributed by atoms with Crippen LogP contribution in [0.4, 0.5) is 0 Å². The second-order valence-electron chi connectivity index (χ2n) is 3.27. The number of aromatic carboxylic acids is 1. The molecule has 0 fully saturated rings. The zero-order chi connectivity index (χ0) is 10.1. The number of hydrogen-bond donors (Lipinski definition) is 0. The maximum atomic E-state index is 10.9. The maximum absolute atomic E-state index is 10.9. The van der Waals surface area contributed by atoms with Crippen molar-refractivity contribution in [2.75, 3.05) is 0 Å². The van der Waals surface area contributed by atoms with E-state index in [0.717, 1.165) is 16.3 Å². The Morgan fingerprint density at radius 3 is 2.47 bits per heavy atom. The molecule has 0 amide bonds. The Hall–Kier alpha value is -0.895. The van der Waals surface area contributed by atoms with Crippen LogP contribution in [-0.4, -0.2) is 5.97 Å². The van der Waals surface area contributed by atoms with E-state index in [1.165, 1.54) is 0 Å². The van der Waals surface area contributed by atoms with Crippen LogP contribution < -0.4 is 5.11 Å². The summed E-state index contributed by atoms with van der Waals surface area (Å²) in [4.78, 5) is 10.9. The zero-order valence-corrected chi connectivity index (χ0v) is 14.0. The van der Waals surface area contributed by atoms with Crippen LogP contribution >= 0.6 is 0 Å². The topological polar surface area (TPSA) is 40.1 Å². The van der Waals surface area contributed by atoms with Gasteiger partial charge in [-0.1, -0.05) is 36.4 Å². The summed E-state index contributed by atoms with van der Waals surface area (Å²) in [5, 5.41) is 12.6. The third kappa shape index (κ3) is 2.20. The third-order valence-electron chi connectivity index (χ3n) is 2.34. The SMILES string of the molecule is Cc1ccc2ccccc2c1C(=O)[O-].[Hg+]. The van der Waals surface area contributed by atoms with Gasteiger partial charge in [-0.05, 0) is 23.3 Å². The smallest absolute Gasteiger partial charge is 0.545 e. The second kappa shape index (κ2) is 4.75. The first-order valence-corrected chi connectivity index (χ1v) is 4.40. The molecule has 15 heavy (non-hydrogen) atoms. The van der Waals surface area contributed by atoms with E-state index in [1.54, 1.807) is 19.1 Å². The molecule has 0 bridgehead atoms. The standard InChI is InChI=1S/C12H10O2.Hg/c1-8-6-7-9-4-2-3-5-10(9)11(8)12(13)14;/h2-7H,1H3,(H,13,14);/q;+1/p-1. The van der Waals surface area contributed by atoms with Gasteiger partial charge in [-0.15, -0.1) is 0 Å². The molecular weight excluding hydrogens is 377 g/mol. The van der Waals surface area contributed by atoms with Crippen molar-refractivity contribution in [3.05, 3.63) is 47.5 Å². The molecule has 0 saturated heterocycles. The van der Waals surface area contributed by atoms with Crippen molar-refractivity contribution in [3.63, 3.8) is 0 Å². The number of carboxylic acids is 1. The van der Waals surface area contributed by atoms with Crippen LogP contribution in [0.3, 0.4) is 0 Å². The van der Waals surface area contributed by atoms with Crippen LogP contribution in [0.15, 0.2) is 36.4 Å². The molecule has 0 saturated carbocycles. The van der Waals surface area contributed by atoms with E-state index in [0.29, 0.717) is 5.56 Å². The molecule has 0 N–H and O–H groups in total. The normalized spacial score (nSPS) is 9.67. The Labute approximate surface area is 108 Å². The van der Waals surface area contributed by atoms with Gasteiger partial charge in [-0.2, -0.15) is 0 Å². The Balaban J connectivity index is 0.00000112. The predicted molar refractivity (Wildman–Crippen MR) is 53.0 cm³/mol. The molecule has 0 unspecified atom stereocenters. The van der Waals surface area contributed by atoms with Crippen molar-refractivity contribution < 1.29 is 37.6 Å². The summed E-state index contributed by atoms with van der Waals surface area (Å²) in [7, 11) is 0. The molecule has 0 aliphatic heterocycles. The van der Waals surface area contributed by atoms with Gasteiger partial charge in [0.15, 0.2) is 0 Å². The van der Waals surface area contributed by atoms with Gasteiger partial charge in [0.25, 0.3) is 0 Å². The van der Waals surface area contributed by atoms with Crippen molar-refractivity contribution in [1.82, 2.24) is 0 Å². The summed E-state index contributed by atoms with van der Waals surface area (Å²) < 4.78 is 0. The molecular formula is C12H9HgO2. The summed E-state index contributed by atoms with van der Waals surface area (Å²) >= 11 is 0. The van der Waals surface area contributed by atoms with E-state index in [9.17, 15) is 9.90 Å². The van der Waals surface area contributed by atoms with E-state index in [2.05, 4.69) is 0 Å². The first-order chi connectivity index (χ1) is 6.70. The van der Waals surface area contributed by atoms with Crippen LogP contribution in [0.2, 0.25) is 0 Å². The second-order valence-corrected chi connectivity index (χ2v) is 3.27. The number of carbonyl (C=O) groups excluding carboxylic acids is 1. The largest absolute Gasteiger partial charge is 1.00 e. The summed E-state index contributed by atoms with van der Waals surface area (Å²) in [6, 6.07) is 11.1. The fourth-order valence-electron chi connectivity index (χ4n) is 1.65. The summed E-state index contributed by atoms with van der Waals surface area (Å²) in [5.74, 6) is -1.11. The average molecular weight is 386 g/mol. The number of hydrogen-bond acceptors (Lipinski definition) is 2. The Kier molecular flexibility index (Phi) is 3.86. The molecule has 2 rings (SSSR count). The van der Waals surface area contributed by atoms with E-state index >= 15 is 0 Å². The van der Waals surface area contributed by atoms with Crippen LogP contribution in [0.5, 0.6) is 0 Å². The Morgan fingerprint density at radius 1 is 1.13 bits per heavy atom. The predicted octanol–water partition coefficient (Wildman–Crippen LogP) is 1.51. The van der Waals surface area contributed by atoms with Gasteiger partial charge < -0.3 is 9.90 Å². The zero-order valence-electron chi connectivity index (χ0n) is 8.49. The van der Waals surface area contributed by atoms with Crippen LogP contribution in [0.25, 0.3) is 10.8 Å². The van der Waals surface area contributed by atoms with Gasteiger partial charge >= 0.3 is 27.7 Å². The van der Waals surface area contributed by atoms with Gasteiger partial charge in [-0.3, -0.25) is 0 Å². The molecule has 0 aliphatic rings. The number of carbonyl (C=O) groups is 1. The van der Waals surface area contributed by atoms with E-state index in [4.69, 9.17) is 0 Å². The minimum Gasteiger partial charge on any atom is -0.545 e. The molecule has 2 nitrogen and oxygen atoms in total. The summed E-state index contributed by atoms with van der Waals surface area (Å²) in [6.45, 7) is 1.78. The van der Waals surface area contributed by atoms with Gasteiger partial charge in [0, 0.05) is 5.56 Å². The average Bonchev–Trinajstić information content (AvgIpc) is 2.17. The molecule has 0 aromatic heterocycles. The van der Waals surface area contributed by atoms with Crippen molar-refractivity contribution in [2.24, 2.45) is 0 Å². The first kappa shape index (κ1) is 12.2. The maximum Gasteiger partial charge on any atom is 1.00 e. The minimum atomic E-state index is -1.11. The Morgan fingerprint density at radius 2 is 1.80 bits per heavy atom. The molecule has 71 valence electrons. The molecule has 2 aromatic carbocycles. The molecule has 0 spiro atoms. The number of rotatable bonds is 1. The fraction of sp³-hybridized carbons (Fsp3) is 0.0833. The summed E-state index contributed by atoms with van der Waals surface area (Å²) in [6.07, 6.45) is 0. The van der Waals surface area contributed by atoms with Gasteiger partial charge in [-0.25, -0.2) is 0 Å². The molecule has 0 heterocycles. The third-order valence-corrected chi connectivity index (χ3v) is 2.34. The molecule has 0 aliphatic carbocycles. The van der Waals surface area contributed by atoms with Gasteiger partial charge in [0.05, 0.1) is 5.97 Å². The van der Waals surface area contributed by atoms with Crippen LogP contribution in [-0.2, 0) is 27.7 Å². The number of fused-ring (bicyclic) bond motifs is 1. The van der Waals surface area contributed by atoms with Crippen LogP contribution in [0, 0.1) is 6.92 Å². The molecule has 0 atom stereocenters. The number of aryl methyl sites for hydroxylation is 1. The molecule has 3 heteroatoms. The quantitative estimate of drug-likeness (QED) is 0.698. The van der Waals surface area contributed by atoms with Crippen molar-refractivity contribution in [2.45, 2.75) is 6.92 Å². The number of benzene rings is 2. The van der Waals surface area contributed by atoms with E-state index in [1.807, 2.05) is 24.3 Å². The molecule has 1 radical (unpaired) electrons. The first-order valence-electron chi connectivity index (χ1n) is 4.40. The number of carboxylic acid groups (broad SMARTS) is 1. The van der Waals surface area contributed by atoms with Gasteiger partial charge in [0.1, 0.15) is 0 Å². The fourth-order valence-corrected chi connectivity index (χ4v) is 1.65. The molecule has 2 aromatic rings. The minimum absolute atomic E-state index is 0. The summed E-state index contributed by atoms with van der Waals surface area (Å²) in [5.41, 5.74) is 1.03. The van der Waals surface area contributed by atoms with Crippen LogP contribution in [0.1, 0.15) is 15.9 Å². The Bertz CT molecular complexity index is 506. The monoisotopic (exact) mass is 387 g/mol. The van der Waals surface area contributed by atoms with Crippen molar-refractivity contribution in [3.8, 4) is 0 Å². The van der Waals surface area contributed by atoms with Gasteiger partial charge in [0.2, 0.25) is 0 Å².